The highest BCUT2D eigenvalue weighted by atomic mass is 16.4. The van der Waals surface area contributed by atoms with Gasteiger partial charge in [-0.15, -0.1) is 0 Å². The Morgan fingerprint density at radius 2 is 2.00 bits per heavy atom. The van der Waals surface area contributed by atoms with Gasteiger partial charge in [0.05, 0.1) is 0 Å². The number of nitrogens with one attached hydrogen (secondary N) is 2. The normalized spacial score (nSPS) is 12.2. The van der Waals surface area contributed by atoms with Crippen molar-refractivity contribution in [3.05, 3.63) is 33.7 Å². The molecule has 1 heterocycles. The van der Waals surface area contributed by atoms with Crippen molar-refractivity contribution in [1.82, 2.24) is 10.3 Å². The SMILES string of the molecule is Cc1ccc(C(=O)N[C@H](CC(C)C)C(=O)O)c(=O)[nH]1. The number of aromatic amines is 1. The zero-order chi connectivity index (χ0) is 14.6. The molecule has 0 saturated carbocycles. The molecule has 1 atom stereocenters. The summed E-state index contributed by atoms with van der Waals surface area (Å²) in [5, 5.41) is 11.4. The maximum atomic E-state index is 11.9. The lowest BCUT2D eigenvalue weighted by Gasteiger charge is -2.16. The molecule has 6 heteroatoms. The predicted molar refractivity (Wildman–Crippen MR) is 70.1 cm³/mol. The third-order valence-electron chi connectivity index (χ3n) is 2.61. The smallest absolute Gasteiger partial charge is 0.326 e. The van der Waals surface area contributed by atoms with E-state index >= 15 is 0 Å². The number of carboxylic acid groups (broad SMARTS) is 1. The molecule has 1 amide bonds. The molecular formula is C13H18N2O4. The van der Waals surface area contributed by atoms with E-state index in [0.29, 0.717) is 12.1 Å². The second-order valence-electron chi connectivity index (χ2n) is 4.88. The number of aromatic nitrogens is 1. The van der Waals surface area contributed by atoms with Crippen LogP contribution in [0.5, 0.6) is 0 Å². The van der Waals surface area contributed by atoms with Gasteiger partial charge in [-0.2, -0.15) is 0 Å². The van der Waals surface area contributed by atoms with Crippen molar-refractivity contribution in [1.29, 1.82) is 0 Å². The van der Waals surface area contributed by atoms with Crippen LogP contribution >= 0.6 is 0 Å². The van der Waals surface area contributed by atoms with Crippen LogP contribution in [0.4, 0.5) is 0 Å². The van der Waals surface area contributed by atoms with E-state index in [1.54, 1.807) is 13.0 Å². The Hall–Kier alpha value is -2.11. The molecule has 0 fully saturated rings. The van der Waals surface area contributed by atoms with Gasteiger partial charge < -0.3 is 15.4 Å². The van der Waals surface area contributed by atoms with Crippen LogP contribution in [0.25, 0.3) is 0 Å². The van der Waals surface area contributed by atoms with E-state index in [1.807, 2.05) is 13.8 Å². The lowest BCUT2D eigenvalue weighted by atomic mass is 10.0. The van der Waals surface area contributed by atoms with Gasteiger partial charge >= 0.3 is 5.97 Å². The monoisotopic (exact) mass is 266 g/mol. The summed E-state index contributed by atoms with van der Waals surface area (Å²) < 4.78 is 0. The van der Waals surface area contributed by atoms with E-state index in [2.05, 4.69) is 10.3 Å². The van der Waals surface area contributed by atoms with Crippen LogP contribution in [0, 0.1) is 12.8 Å². The zero-order valence-electron chi connectivity index (χ0n) is 11.2. The molecule has 0 radical (unpaired) electrons. The topological polar surface area (TPSA) is 99.3 Å². The van der Waals surface area contributed by atoms with Crippen molar-refractivity contribution in [2.24, 2.45) is 5.92 Å². The number of carbonyl (C=O) groups is 2. The molecule has 0 saturated heterocycles. The summed E-state index contributed by atoms with van der Waals surface area (Å²) >= 11 is 0. The van der Waals surface area contributed by atoms with Gasteiger partial charge in [-0.05, 0) is 31.4 Å². The molecule has 1 aromatic heterocycles. The number of aliphatic carboxylic acids is 1. The van der Waals surface area contributed by atoms with Crippen LogP contribution in [-0.4, -0.2) is 28.0 Å². The third-order valence-corrected chi connectivity index (χ3v) is 2.61. The molecule has 1 rings (SSSR count). The molecule has 1 aromatic rings. The van der Waals surface area contributed by atoms with Crippen LogP contribution in [-0.2, 0) is 4.79 Å². The van der Waals surface area contributed by atoms with E-state index in [9.17, 15) is 14.4 Å². The van der Waals surface area contributed by atoms with Crippen LogP contribution in [0.3, 0.4) is 0 Å². The Labute approximate surface area is 110 Å². The van der Waals surface area contributed by atoms with Gasteiger partial charge in [0.25, 0.3) is 11.5 Å². The third kappa shape index (κ3) is 4.24. The molecule has 0 bridgehead atoms. The number of aryl methyl sites for hydroxylation is 1. The number of carbonyl (C=O) groups excluding carboxylic acids is 1. The van der Waals surface area contributed by atoms with Gasteiger partial charge in [0.2, 0.25) is 0 Å². The highest BCUT2D eigenvalue weighted by Gasteiger charge is 2.22. The highest BCUT2D eigenvalue weighted by molar-refractivity contribution is 5.96. The molecule has 3 N–H and O–H groups in total. The minimum Gasteiger partial charge on any atom is -0.480 e. The van der Waals surface area contributed by atoms with Crippen LogP contribution in [0.15, 0.2) is 16.9 Å². The summed E-state index contributed by atoms with van der Waals surface area (Å²) in [5.74, 6) is -1.66. The summed E-state index contributed by atoms with van der Waals surface area (Å²) in [4.78, 5) is 37.0. The zero-order valence-corrected chi connectivity index (χ0v) is 11.2. The Bertz CT molecular complexity index is 534. The first-order valence-electron chi connectivity index (χ1n) is 6.05. The van der Waals surface area contributed by atoms with Crippen molar-refractivity contribution in [2.45, 2.75) is 33.2 Å². The lowest BCUT2D eigenvalue weighted by Crippen LogP contribution is -2.43. The van der Waals surface area contributed by atoms with Crippen LogP contribution in [0.2, 0.25) is 0 Å². The van der Waals surface area contributed by atoms with Crippen LogP contribution < -0.4 is 10.9 Å². The molecule has 0 aliphatic rings. The molecular weight excluding hydrogens is 248 g/mol. The van der Waals surface area contributed by atoms with Gasteiger partial charge in [0.15, 0.2) is 0 Å². The highest BCUT2D eigenvalue weighted by Crippen LogP contribution is 2.06. The second-order valence-corrected chi connectivity index (χ2v) is 4.88. The molecule has 0 spiro atoms. The molecule has 6 nitrogen and oxygen atoms in total. The van der Waals surface area contributed by atoms with Gasteiger partial charge in [-0.1, -0.05) is 13.8 Å². The number of pyridine rings is 1. The fraction of sp³-hybridized carbons (Fsp3) is 0.462. The number of H-pyrrole nitrogens is 1. The summed E-state index contributed by atoms with van der Waals surface area (Å²) in [6.45, 7) is 5.42. The van der Waals surface area contributed by atoms with Crippen molar-refractivity contribution >= 4 is 11.9 Å². The van der Waals surface area contributed by atoms with E-state index in [-0.39, 0.29) is 11.5 Å². The van der Waals surface area contributed by atoms with Crippen molar-refractivity contribution in [3.8, 4) is 0 Å². The number of hydrogen-bond donors (Lipinski definition) is 3. The molecule has 0 aliphatic heterocycles. The van der Waals surface area contributed by atoms with E-state index in [4.69, 9.17) is 5.11 Å². The van der Waals surface area contributed by atoms with Crippen molar-refractivity contribution in [3.63, 3.8) is 0 Å². The average Bonchev–Trinajstić information content (AvgIpc) is 2.26. The fourth-order valence-electron chi connectivity index (χ4n) is 1.68. The first kappa shape index (κ1) is 14.9. The minimum absolute atomic E-state index is 0.0828. The Morgan fingerprint density at radius 1 is 1.37 bits per heavy atom. The molecule has 0 aromatic carbocycles. The Kier molecular flexibility index (Phi) is 4.86. The van der Waals surface area contributed by atoms with E-state index in [0.717, 1.165) is 0 Å². The maximum absolute atomic E-state index is 11.9. The van der Waals surface area contributed by atoms with E-state index in [1.165, 1.54) is 6.07 Å². The number of hydrogen-bond acceptors (Lipinski definition) is 3. The summed E-state index contributed by atoms with van der Waals surface area (Å²) in [5.41, 5.74) is 0.0327. The second kappa shape index (κ2) is 6.17. The number of carboxylic acids is 1. The van der Waals surface area contributed by atoms with Gasteiger partial charge in [-0.3, -0.25) is 9.59 Å². The number of rotatable bonds is 5. The fourth-order valence-corrected chi connectivity index (χ4v) is 1.68. The first-order chi connectivity index (χ1) is 8.81. The molecule has 0 aliphatic carbocycles. The lowest BCUT2D eigenvalue weighted by molar-refractivity contribution is -0.139. The standard InChI is InChI=1S/C13H18N2O4/c1-7(2)6-10(13(18)19)15-12(17)9-5-4-8(3)14-11(9)16/h4-5,7,10H,6H2,1-3H3,(H,14,16)(H,15,17)(H,18,19)/t10-/m1/s1. The molecule has 104 valence electrons. The van der Waals surface area contributed by atoms with Gasteiger partial charge in [0.1, 0.15) is 11.6 Å². The first-order valence-corrected chi connectivity index (χ1v) is 6.05. The summed E-state index contributed by atoms with van der Waals surface area (Å²) in [6, 6.07) is 1.99. The van der Waals surface area contributed by atoms with Gasteiger partial charge in [-0.25, -0.2) is 4.79 Å². The Morgan fingerprint density at radius 3 is 2.47 bits per heavy atom. The summed E-state index contributed by atoms with van der Waals surface area (Å²) in [7, 11) is 0. The minimum atomic E-state index is -1.11. The molecule has 19 heavy (non-hydrogen) atoms. The quantitative estimate of drug-likeness (QED) is 0.737. The maximum Gasteiger partial charge on any atom is 0.326 e. The Balaban J connectivity index is 2.88. The van der Waals surface area contributed by atoms with Gasteiger partial charge in [0, 0.05) is 5.69 Å². The van der Waals surface area contributed by atoms with E-state index < -0.39 is 23.5 Å². The van der Waals surface area contributed by atoms with Crippen molar-refractivity contribution in [2.75, 3.05) is 0 Å². The van der Waals surface area contributed by atoms with Crippen LogP contribution in [0.1, 0.15) is 36.3 Å². The average molecular weight is 266 g/mol. The largest absolute Gasteiger partial charge is 0.480 e. The predicted octanol–water partition coefficient (Wildman–Crippen LogP) is 0.912. The van der Waals surface area contributed by atoms with Crippen molar-refractivity contribution < 1.29 is 14.7 Å². The summed E-state index contributed by atoms with van der Waals surface area (Å²) in [6.07, 6.45) is 0.310. The number of amides is 1. The molecule has 0 unspecified atom stereocenters.